The third-order valence-corrected chi connectivity index (χ3v) is 2.92. The van der Waals surface area contributed by atoms with Crippen LogP contribution in [0.5, 0.6) is 0 Å². The summed E-state index contributed by atoms with van der Waals surface area (Å²) in [5, 5.41) is 19.1. The lowest BCUT2D eigenvalue weighted by atomic mass is 9.98. The van der Waals surface area contributed by atoms with Crippen molar-refractivity contribution in [2.75, 3.05) is 0 Å². The highest BCUT2D eigenvalue weighted by molar-refractivity contribution is 5.84. The number of rotatable bonds is 5. The fraction of sp³-hybridized carbons (Fsp3) is 0.267. The van der Waals surface area contributed by atoms with Crippen molar-refractivity contribution in [3.05, 3.63) is 47.0 Å². The quantitative estimate of drug-likeness (QED) is 0.709. The average molecular weight is 261 g/mol. The first-order chi connectivity index (χ1) is 8.86. The standard InChI is InChI=1S/C15H19NO3/c1-4-11-5-6-13(10(3)17)12(8-11)7-9(2)14(18)15(16)19/h5-8,14,17-18H,3-4H2,1-2H3,(H2,16,19)/b9-7+. The number of aliphatic hydroxyl groups excluding tert-OH is 2. The van der Waals surface area contributed by atoms with E-state index in [4.69, 9.17) is 5.73 Å². The Labute approximate surface area is 112 Å². The molecule has 0 aliphatic rings. The van der Waals surface area contributed by atoms with Gasteiger partial charge in [0.05, 0.1) is 0 Å². The minimum absolute atomic E-state index is 0.0599. The highest BCUT2D eigenvalue weighted by Crippen LogP contribution is 2.21. The van der Waals surface area contributed by atoms with Crippen molar-refractivity contribution in [2.45, 2.75) is 26.4 Å². The number of hydrogen-bond acceptors (Lipinski definition) is 3. The van der Waals surface area contributed by atoms with E-state index in [0.717, 1.165) is 12.0 Å². The smallest absolute Gasteiger partial charge is 0.250 e. The Morgan fingerprint density at radius 2 is 2.16 bits per heavy atom. The molecule has 4 nitrogen and oxygen atoms in total. The van der Waals surface area contributed by atoms with Crippen molar-refractivity contribution >= 4 is 17.7 Å². The monoisotopic (exact) mass is 261 g/mol. The summed E-state index contributed by atoms with van der Waals surface area (Å²) in [5.41, 5.74) is 7.81. The first-order valence-electron chi connectivity index (χ1n) is 6.03. The van der Waals surface area contributed by atoms with Gasteiger partial charge in [0.25, 0.3) is 5.91 Å². The van der Waals surface area contributed by atoms with Crippen molar-refractivity contribution in [1.29, 1.82) is 0 Å². The normalized spacial score (nSPS) is 13.1. The summed E-state index contributed by atoms with van der Waals surface area (Å²) in [4.78, 5) is 10.9. The van der Waals surface area contributed by atoms with Crippen molar-refractivity contribution in [2.24, 2.45) is 5.73 Å². The van der Waals surface area contributed by atoms with Gasteiger partial charge in [-0.05, 0) is 30.0 Å². The molecule has 1 aromatic rings. The van der Waals surface area contributed by atoms with Gasteiger partial charge in [0, 0.05) is 5.56 Å². The van der Waals surface area contributed by atoms with Crippen LogP contribution in [0.3, 0.4) is 0 Å². The number of amides is 1. The Balaban J connectivity index is 3.27. The molecule has 0 spiro atoms. The number of carbonyl (C=O) groups is 1. The maximum absolute atomic E-state index is 10.9. The van der Waals surface area contributed by atoms with E-state index in [-0.39, 0.29) is 5.76 Å². The first-order valence-corrected chi connectivity index (χ1v) is 6.03. The van der Waals surface area contributed by atoms with Gasteiger partial charge >= 0.3 is 0 Å². The molecule has 1 amide bonds. The number of hydrogen-bond donors (Lipinski definition) is 3. The fourth-order valence-electron chi connectivity index (χ4n) is 1.76. The van der Waals surface area contributed by atoms with E-state index in [1.165, 1.54) is 0 Å². The Morgan fingerprint density at radius 3 is 2.63 bits per heavy atom. The van der Waals surface area contributed by atoms with Gasteiger partial charge in [0.2, 0.25) is 0 Å². The summed E-state index contributed by atoms with van der Waals surface area (Å²) in [5.74, 6) is -0.861. The second-order valence-corrected chi connectivity index (χ2v) is 4.42. The molecule has 0 saturated heterocycles. The number of nitrogens with two attached hydrogens (primary N) is 1. The van der Waals surface area contributed by atoms with Crippen LogP contribution in [-0.4, -0.2) is 22.2 Å². The fourth-order valence-corrected chi connectivity index (χ4v) is 1.76. The summed E-state index contributed by atoms with van der Waals surface area (Å²) in [6.45, 7) is 7.13. The zero-order valence-electron chi connectivity index (χ0n) is 11.2. The number of benzene rings is 1. The summed E-state index contributed by atoms with van der Waals surface area (Å²) >= 11 is 0. The molecule has 0 heterocycles. The van der Waals surface area contributed by atoms with Gasteiger partial charge < -0.3 is 15.9 Å². The molecule has 0 aromatic heterocycles. The van der Waals surface area contributed by atoms with Crippen LogP contribution < -0.4 is 5.73 Å². The van der Waals surface area contributed by atoms with Gasteiger partial charge in [-0.15, -0.1) is 0 Å². The SMILES string of the molecule is C=C(O)c1ccc(CC)cc1/C=C(\C)C(O)C(N)=O. The third kappa shape index (κ3) is 3.69. The second-order valence-electron chi connectivity index (χ2n) is 4.42. The largest absolute Gasteiger partial charge is 0.508 e. The van der Waals surface area contributed by atoms with Crippen molar-refractivity contribution < 1.29 is 15.0 Å². The molecule has 4 heteroatoms. The topological polar surface area (TPSA) is 83.6 Å². The van der Waals surface area contributed by atoms with Gasteiger partial charge in [-0.3, -0.25) is 4.79 Å². The van der Waals surface area contributed by atoms with Crippen LogP contribution in [0.1, 0.15) is 30.5 Å². The van der Waals surface area contributed by atoms with E-state index < -0.39 is 12.0 Å². The lowest BCUT2D eigenvalue weighted by Crippen LogP contribution is -2.29. The van der Waals surface area contributed by atoms with Gasteiger partial charge in [-0.25, -0.2) is 0 Å². The maximum atomic E-state index is 10.9. The molecule has 0 radical (unpaired) electrons. The second kappa shape index (κ2) is 6.20. The molecule has 1 atom stereocenters. The summed E-state index contributed by atoms with van der Waals surface area (Å²) < 4.78 is 0. The first kappa shape index (κ1) is 15.0. The van der Waals surface area contributed by atoms with Crippen LogP contribution >= 0.6 is 0 Å². The molecule has 0 bridgehead atoms. The zero-order chi connectivity index (χ0) is 14.6. The van der Waals surface area contributed by atoms with Gasteiger partial charge in [0.1, 0.15) is 5.76 Å². The molecule has 4 N–H and O–H groups in total. The molecule has 0 aliphatic heterocycles. The summed E-state index contributed by atoms with van der Waals surface area (Å²) in [6.07, 6.45) is 1.15. The lowest BCUT2D eigenvalue weighted by molar-refractivity contribution is -0.124. The average Bonchev–Trinajstić information content (AvgIpc) is 2.36. The minimum Gasteiger partial charge on any atom is -0.508 e. The molecule has 1 unspecified atom stereocenters. The molecule has 19 heavy (non-hydrogen) atoms. The molecule has 0 saturated carbocycles. The Morgan fingerprint density at radius 1 is 1.53 bits per heavy atom. The Kier molecular flexibility index (Phi) is 4.89. The molecular weight excluding hydrogens is 242 g/mol. The van der Waals surface area contributed by atoms with Crippen molar-refractivity contribution in [3.8, 4) is 0 Å². The molecular formula is C15H19NO3. The van der Waals surface area contributed by atoms with E-state index in [2.05, 4.69) is 6.58 Å². The minimum atomic E-state index is -1.33. The molecule has 0 fully saturated rings. The number of primary amides is 1. The molecule has 102 valence electrons. The van der Waals surface area contributed by atoms with E-state index in [1.54, 1.807) is 19.1 Å². The number of aryl methyl sites for hydroxylation is 1. The van der Waals surface area contributed by atoms with E-state index in [0.29, 0.717) is 16.7 Å². The number of carbonyl (C=O) groups excluding carboxylic acids is 1. The summed E-state index contributed by atoms with van der Waals surface area (Å²) in [6, 6.07) is 5.54. The highest BCUT2D eigenvalue weighted by atomic mass is 16.3. The van der Waals surface area contributed by atoms with Gasteiger partial charge in [0.15, 0.2) is 6.10 Å². The van der Waals surface area contributed by atoms with Crippen LogP contribution in [0.15, 0.2) is 30.4 Å². The zero-order valence-corrected chi connectivity index (χ0v) is 11.2. The number of aliphatic hydroxyl groups is 2. The lowest BCUT2D eigenvalue weighted by Gasteiger charge is -2.11. The van der Waals surface area contributed by atoms with Gasteiger partial charge in [-0.2, -0.15) is 0 Å². The highest BCUT2D eigenvalue weighted by Gasteiger charge is 2.14. The van der Waals surface area contributed by atoms with Crippen LogP contribution in [0.2, 0.25) is 0 Å². The molecule has 1 rings (SSSR count). The van der Waals surface area contributed by atoms with Crippen LogP contribution in [0, 0.1) is 0 Å². The van der Waals surface area contributed by atoms with Crippen molar-refractivity contribution in [1.82, 2.24) is 0 Å². The van der Waals surface area contributed by atoms with E-state index in [9.17, 15) is 15.0 Å². The van der Waals surface area contributed by atoms with Gasteiger partial charge in [-0.1, -0.05) is 37.8 Å². The maximum Gasteiger partial charge on any atom is 0.250 e. The molecule has 1 aromatic carbocycles. The predicted molar refractivity (Wildman–Crippen MR) is 76.3 cm³/mol. The Hall–Kier alpha value is -2.07. The van der Waals surface area contributed by atoms with Crippen LogP contribution in [0.25, 0.3) is 11.8 Å². The predicted octanol–water partition coefficient (Wildman–Crippen LogP) is 2.03. The van der Waals surface area contributed by atoms with Crippen LogP contribution in [-0.2, 0) is 11.2 Å². The molecule has 0 aliphatic carbocycles. The van der Waals surface area contributed by atoms with E-state index in [1.807, 2.05) is 19.1 Å². The summed E-state index contributed by atoms with van der Waals surface area (Å²) in [7, 11) is 0. The van der Waals surface area contributed by atoms with Crippen LogP contribution in [0.4, 0.5) is 0 Å². The third-order valence-electron chi connectivity index (χ3n) is 2.92. The van der Waals surface area contributed by atoms with E-state index >= 15 is 0 Å². The Bertz CT molecular complexity index is 532. The van der Waals surface area contributed by atoms with Crippen molar-refractivity contribution in [3.63, 3.8) is 0 Å².